The van der Waals surface area contributed by atoms with Crippen LogP contribution in [0, 0.1) is 0 Å². The minimum Gasteiger partial charge on any atom is -0.394 e. The van der Waals surface area contributed by atoms with Crippen molar-refractivity contribution >= 4 is 29.4 Å². The Hall–Kier alpha value is -2.77. The van der Waals surface area contributed by atoms with Crippen LogP contribution in [-0.2, 0) is 42.9 Å². The molecule has 0 aromatic carbocycles. The number of amides is 4. The number of aliphatic hydroxyl groups is 4. The van der Waals surface area contributed by atoms with Gasteiger partial charge in [-0.05, 0) is 51.9 Å². The Bertz CT molecular complexity index is 1070. The summed E-state index contributed by atoms with van der Waals surface area (Å²) in [6.45, 7) is 4.34. The molecule has 8 N–H and O–H groups in total. The van der Waals surface area contributed by atoms with E-state index in [0.717, 1.165) is 0 Å². The Labute approximate surface area is 293 Å². The molecule has 0 radical (unpaired) electrons. The Morgan fingerprint density at radius 2 is 1.18 bits per heavy atom. The molecule has 2 fully saturated rings. The zero-order valence-electron chi connectivity index (χ0n) is 29.5. The minimum absolute atomic E-state index is 0.128. The summed E-state index contributed by atoms with van der Waals surface area (Å²) < 4.78 is 22.7. The lowest BCUT2D eigenvalue weighted by Crippen LogP contribution is -2.58. The number of unbranched alkanes of at least 4 members (excludes halogenated alkanes) is 3. The molecule has 0 spiro atoms. The molecule has 50 heavy (non-hydrogen) atoms. The molecule has 288 valence electrons. The van der Waals surface area contributed by atoms with Crippen molar-refractivity contribution in [2.45, 2.75) is 147 Å². The van der Waals surface area contributed by atoms with Crippen molar-refractivity contribution in [3.05, 3.63) is 0 Å². The zero-order valence-corrected chi connectivity index (χ0v) is 29.5. The largest absolute Gasteiger partial charge is 0.394 e. The highest BCUT2D eigenvalue weighted by Crippen LogP contribution is 2.23. The third-order valence-electron chi connectivity index (χ3n) is 8.45. The molecule has 2 saturated heterocycles. The van der Waals surface area contributed by atoms with E-state index in [9.17, 15) is 44.4 Å². The number of carbonyl (C=O) groups excluding carboxylic acids is 5. The number of hydrogen-bond donors (Lipinski definition) is 8. The van der Waals surface area contributed by atoms with Gasteiger partial charge in [0.2, 0.25) is 23.6 Å². The van der Waals surface area contributed by atoms with Crippen molar-refractivity contribution in [2.75, 3.05) is 33.0 Å². The number of nitrogens with one attached hydrogen (secondary N) is 4. The van der Waals surface area contributed by atoms with E-state index in [1.807, 2.05) is 0 Å². The minimum atomic E-state index is -0.938. The fraction of sp³-hybridized carbons (Fsp3) is 0.848. The molecule has 4 amide bonds. The van der Waals surface area contributed by atoms with Gasteiger partial charge < -0.3 is 60.6 Å². The van der Waals surface area contributed by atoms with Gasteiger partial charge in [-0.25, -0.2) is 0 Å². The second-order valence-corrected chi connectivity index (χ2v) is 12.9. The van der Waals surface area contributed by atoms with Crippen LogP contribution in [0.2, 0.25) is 0 Å². The Kier molecular flexibility index (Phi) is 20.5. The van der Waals surface area contributed by atoms with Gasteiger partial charge in [-0.3, -0.25) is 24.0 Å². The van der Waals surface area contributed by atoms with E-state index in [1.54, 1.807) is 0 Å². The van der Waals surface area contributed by atoms with Gasteiger partial charge in [-0.15, -0.1) is 0 Å². The number of ether oxygens (including phenoxy) is 4. The predicted octanol–water partition coefficient (Wildman–Crippen LogP) is -1.33. The number of ketones is 1. The van der Waals surface area contributed by atoms with Gasteiger partial charge in [0.15, 0.2) is 18.4 Å². The van der Waals surface area contributed by atoms with Gasteiger partial charge in [-0.1, -0.05) is 0 Å². The van der Waals surface area contributed by atoms with Crippen molar-refractivity contribution in [3.63, 3.8) is 0 Å². The first-order valence-corrected chi connectivity index (χ1v) is 17.6. The zero-order chi connectivity index (χ0) is 37.1. The first-order chi connectivity index (χ1) is 23.8. The molecular formula is C33H58N4O13. The predicted molar refractivity (Wildman–Crippen MR) is 177 cm³/mol. The number of aliphatic hydroxyl groups excluding tert-OH is 4. The molecular weight excluding hydrogens is 660 g/mol. The lowest BCUT2D eigenvalue weighted by atomic mass is 10.00. The number of rotatable bonds is 23. The molecule has 0 aromatic heterocycles. The highest BCUT2D eigenvalue weighted by Gasteiger charge is 2.40. The molecule has 8 unspecified atom stereocenters. The van der Waals surface area contributed by atoms with Crippen LogP contribution in [0.3, 0.4) is 0 Å². The molecule has 0 aromatic rings. The van der Waals surface area contributed by atoms with Crippen molar-refractivity contribution in [2.24, 2.45) is 0 Å². The summed E-state index contributed by atoms with van der Waals surface area (Å²) in [5.74, 6) is -1.25. The van der Waals surface area contributed by atoms with Crippen molar-refractivity contribution in [3.8, 4) is 0 Å². The Balaban J connectivity index is 1.57. The SMILES string of the molecule is CC(=O)NC1C(O)CC(CO)OC1OCCCCC(=O)NCCCC[C@H](NC(=O)CCCCOC1OC(CO)CC(O)C1NC(C)=O)C(C)=O. The molecule has 2 aliphatic heterocycles. The molecule has 2 rings (SSSR count). The normalized spacial score (nSPS) is 27.2. The van der Waals surface area contributed by atoms with Crippen molar-refractivity contribution in [1.29, 1.82) is 0 Å². The maximum Gasteiger partial charge on any atom is 0.220 e. The molecule has 17 heteroatoms. The first kappa shape index (κ1) is 43.4. The van der Waals surface area contributed by atoms with E-state index in [1.165, 1.54) is 20.8 Å². The quantitative estimate of drug-likeness (QED) is 0.0571. The van der Waals surface area contributed by atoms with Gasteiger partial charge in [0.05, 0.1) is 43.7 Å². The molecule has 0 bridgehead atoms. The van der Waals surface area contributed by atoms with Gasteiger partial charge in [0, 0.05) is 59.3 Å². The molecule has 0 saturated carbocycles. The lowest BCUT2D eigenvalue weighted by molar-refractivity contribution is -0.237. The highest BCUT2D eigenvalue weighted by molar-refractivity contribution is 5.87. The summed E-state index contributed by atoms with van der Waals surface area (Å²) in [6.07, 6.45) is -0.437. The van der Waals surface area contributed by atoms with Crippen LogP contribution in [0.1, 0.15) is 91.4 Å². The van der Waals surface area contributed by atoms with Crippen LogP contribution >= 0.6 is 0 Å². The van der Waals surface area contributed by atoms with E-state index in [2.05, 4.69) is 21.3 Å². The molecule has 17 nitrogen and oxygen atoms in total. The van der Waals surface area contributed by atoms with Gasteiger partial charge in [0.1, 0.15) is 12.1 Å². The topological polar surface area (TPSA) is 251 Å². The fourth-order valence-corrected chi connectivity index (χ4v) is 5.78. The molecule has 2 aliphatic rings. The standard InChI is InChI=1S/C33H58N4O13/c1-20(40)25(37-29(46)12-6-9-15-48-33-31(36-22(3)42)27(44)17-24(19-39)50-33)10-4-7-13-34-28(45)11-5-8-14-47-32-30(35-21(2)41)26(43)16-23(18-38)49-32/h23-27,30-33,38-39,43-44H,4-19H2,1-3H3,(H,34,45)(H,35,41)(H,36,42)(H,37,46)/t23?,24?,25-,26?,27?,30?,31?,32?,33?/m0/s1. The average Bonchev–Trinajstić information content (AvgIpc) is 3.05. The van der Waals surface area contributed by atoms with Crippen LogP contribution in [-0.4, -0.2) is 138 Å². The summed E-state index contributed by atoms with van der Waals surface area (Å²) in [7, 11) is 0. The Morgan fingerprint density at radius 1 is 0.700 bits per heavy atom. The average molecular weight is 719 g/mol. The maximum atomic E-state index is 12.5. The summed E-state index contributed by atoms with van der Waals surface area (Å²) in [5, 5.41) is 50.3. The number of carbonyl (C=O) groups is 5. The Morgan fingerprint density at radius 3 is 1.62 bits per heavy atom. The third kappa shape index (κ3) is 16.5. The van der Waals surface area contributed by atoms with E-state index < -0.39 is 55.1 Å². The molecule has 2 heterocycles. The van der Waals surface area contributed by atoms with E-state index >= 15 is 0 Å². The number of Topliss-reactive ketones (excluding diaryl/α,β-unsaturated/α-hetero) is 1. The van der Waals surface area contributed by atoms with E-state index in [-0.39, 0.29) is 81.5 Å². The van der Waals surface area contributed by atoms with Gasteiger partial charge >= 0.3 is 0 Å². The summed E-state index contributed by atoms with van der Waals surface area (Å²) >= 11 is 0. The number of hydrogen-bond acceptors (Lipinski definition) is 13. The second kappa shape index (κ2) is 23.7. The van der Waals surface area contributed by atoms with Crippen molar-refractivity contribution < 1.29 is 63.3 Å². The first-order valence-electron chi connectivity index (χ1n) is 17.6. The maximum absolute atomic E-state index is 12.5. The van der Waals surface area contributed by atoms with Crippen LogP contribution in [0.25, 0.3) is 0 Å². The van der Waals surface area contributed by atoms with Gasteiger partial charge in [0.25, 0.3) is 0 Å². The smallest absolute Gasteiger partial charge is 0.220 e. The molecule has 0 aliphatic carbocycles. The van der Waals surface area contributed by atoms with Crippen LogP contribution in [0.5, 0.6) is 0 Å². The monoisotopic (exact) mass is 718 g/mol. The second-order valence-electron chi connectivity index (χ2n) is 12.9. The summed E-state index contributed by atoms with van der Waals surface area (Å²) in [6, 6.07) is -2.16. The summed E-state index contributed by atoms with van der Waals surface area (Å²) in [4.78, 5) is 59.9. The highest BCUT2D eigenvalue weighted by atomic mass is 16.7. The van der Waals surface area contributed by atoms with Crippen LogP contribution in [0.4, 0.5) is 0 Å². The lowest BCUT2D eigenvalue weighted by Gasteiger charge is -2.39. The third-order valence-corrected chi connectivity index (χ3v) is 8.45. The fourth-order valence-electron chi connectivity index (χ4n) is 5.78. The van der Waals surface area contributed by atoms with Crippen LogP contribution < -0.4 is 21.3 Å². The molecule has 9 atom stereocenters. The van der Waals surface area contributed by atoms with Gasteiger partial charge in [-0.2, -0.15) is 0 Å². The van der Waals surface area contributed by atoms with E-state index in [0.29, 0.717) is 51.5 Å². The van der Waals surface area contributed by atoms with Crippen LogP contribution in [0.15, 0.2) is 0 Å². The summed E-state index contributed by atoms with van der Waals surface area (Å²) in [5.41, 5.74) is 0. The van der Waals surface area contributed by atoms with E-state index in [4.69, 9.17) is 18.9 Å². The van der Waals surface area contributed by atoms with Crippen molar-refractivity contribution in [1.82, 2.24) is 21.3 Å².